The number of hydrogen-bond donors (Lipinski definition) is 1. The standard InChI is InChI=1S/C28H34NO8P/c1-6-21-18(4)23-16-36-28(32)25(23)26(30)22(21)13-12-17(3)14-34-15-20-10-8-9-11-24(20)37-29(38-33)19(5)27(31)35-7-2/h8-12,16,18-19,32H,6-7,13-15H2,1-5H3. The average Bonchev–Trinajstić information content (AvgIpc) is 3.30. The minimum atomic E-state index is -0.874. The molecule has 1 aromatic heterocycles. The summed E-state index contributed by atoms with van der Waals surface area (Å²) in [6.45, 7) is 9.93. The maximum atomic E-state index is 13.1. The van der Waals surface area contributed by atoms with Crippen molar-refractivity contribution < 1.29 is 38.0 Å². The van der Waals surface area contributed by atoms with Gasteiger partial charge in [0.05, 0.1) is 26.1 Å². The van der Waals surface area contributed by atoms with Crippen LogP contribution in [0.4, 0.5) is 0 Å². The highest BCUT2D eigenvalue weighted by molar-refractivity contribution is 7.20. The maximum absolute atomic E-state index is 13.1. The van der Waals surface area contributed by atoms with Crippen molar-refractivity contribution in [3.05, 3.63) is 70.0 Å². The number of carbonyl (C=O) groups excluding carboxylic acids is 2. The summed E-state index contributed by atoms with van der Waals surface area (Å²) in [5, 5.41) is 10.0. The third kappa shape index (κ3) is 6.59. The lowest BCUT2D eigenvalue weighted by atomic mass is 9.78. The number of esters is 1. The second kappa shape index (κ2) is 13.5. The number of allylic oxidation sites excluding steroid dienone is 3. The van der Waals surface area contributed by atoms with E-state index in [0.29, 0.717) is 29.9 Å². The molecular weight excluding hydrogens is 509 g/mol. The lowest BCUT2D eigenvalue weighted by Gasteiger charge is -2.24. The lowest BCUT2D eigenvalue weighted by Crippen LogP contribution is -2.36. The summed E-state index contributed by atoms with van der Waals surface area (Å²) in [5.74, 6) is -0.674. The fourth-order valence-corrected chi connectivity index (χ4v) is 4.74. The number of benzene rings is 1. The Labute approximate surface area is 224 Å². The number of para-hydroxylation sites is 1. The van der Waals surface area contributed by atoms with Gasteiger partial charge in [0.1, 0.15) is 5.56 Å². The monoisotopic (exact) mass is 543 g/mol. The number of rotatable bonds is 13. The van der Waals surface area contributed by atoms with Crippen LogP contribution in [0.2, 0.25) is 0 Å². The largest absolute Gasteiger partial charge is 0.480 e. The summed E-state index contributed by atoms with van der Waals surface area (Å²) in [6.07, 6.45) is 4.57. The van der Waals surface area contributed by atoms with E-state index in [2.05, 4.69) is 0 Å². The molecule has 10 heteroatoms. The topological polar surface area (TPSA) is 116 Å². The Morgan fingerprint density at radius 3 is 2.71 bits per heavy atom. The molecule has 2 aromatic rings. The molecule has 0 aliphatic heterocycles. The molecule has 0 fully saturated rings. The molecule has 0 radical (unpaired) electrons. The molecule has 0 saturated heterocycles. The van der Waals surface area contributed by atoms with Gasteiger partial charge in [-0.2, -0.15) is 0 Å². The molecule has 1 N–H and O–H groups in total. The summed E-state index contributed by atoms with van der Waals surface area (Å²) in [5.41, 5.74) is 4.34. The highest BCUT2D eigenvalue weighted by Crippen LogP contribution is 2.43. The van der Waals surface area contributed by atoms with Crippen LogP contribution in [-0.2, 0) is 25.4 Å². The van der Waals surface area contributed by atoms with Gasteiger partial charge in [0.15, 0.2) is 17.6 Å². The molecule has 38 heavy (non-hydrogen) atoms. The number of ketones is 1. The van der Waals surface area contributed by atoms with Crippen LogP contribution < -0.4 is 4.84 Å². The van der Waals surface area contributed by atoms with E-state index in [1.807, 2.05) is 39.0 Å². The van der Waals surface area contributed by atoms with Crippen LogP contribution in [-0.4, -0.2) is 40.9 Å². The first-order valence-electron chi connectivity index (χ1n) is 12.6. The molecule has 1 aliphatic carbocycles. The van der Waals surface area contributed by atoms with Gasteiger partial charge < -0.3 is 23.8 Å². The SMILES string of the molecule is CCOC(=O)C(C)N(Oc1ccccc1COCC(C)=CCC1=C(CC)C(C)c2coc(O)c2C1=O)P=O. The number of hydroxylamine groups is 1. The average molecular weight is 544 g/mol. The molecule has 3 rings (SSSR count). The fraction of sp³-hybridized carbons (Fsp3) is 0.429. The smallest absolute Gasteiger partial charge is 0.327 e. The summed E-state index contributed by atoms with van der Waals surface area (Å²) >= 11 is 0. The molecule has 2 atom stereocenters. The van der Waals surface area contributed by atoms with E-state index >= 15 is 0 Å². The Morgan fingerprint density at radius 1 is 1.29 bits per heavy atom. The van der Waals surface area contributed by atoms with Gasteiger partial charge in [0, 0.05) is 22.6 Å². The third-order valence-corrected chi connectivity index (χ3v) is 7.09. The number of hydrogen-bond acceptors (Lipinski definition) is 8. The first kappa shape index (κ1) is 29.3. The van der Waals surface area contributed by atoms with E-state index in [1.165, 1.54) is 6.26 Å². The van der Waals surface area contributed by atoms with Crippen LogP contribution in [0.3, 0.4) is 0 Å². The molecular formula is C28H34NO8P. The first-order chi connectivity index (χ1) is 18.2. The maximum Gasteiger partial charge on any atom is 0.327 e. The molecule has 0 spiro atoms. The van der Waals surface area contributed by atoms with E-state index in [1.54, 1.807) is 26.0 Å². The number of fused-ring (bicyclic) bond motifs is 1. The molecule has 1 aliphatic rings. The second-order valence-electron chi connectivity index (χ2n) is 9.04. The second-order valence-corrected chi connectivity index (χ2v) is 9.60. The summed E-state index contributed by atoms with van der Waals surface area (Å²) < 4.78 is 27.6. The van der Waals surface area contributed by atoms with Gasteiger partial charge in [-0.25, -0.2) is 0 Å². The molecule has 1 aromatic carbocycles. The van der Waals surface area contributed by atoms with E-state index in [9.17, 15) is 19.3 Å². The van der Waals surface area contributed by atoms with Crippen molar-refractivity contribution in [2.75, 3.05) is 13.2 Å². The summed E-state index contributed by atoms with van der Waals surface area (Å²) in [6, 6.07) is 6.24. The van der Waals surface area contributed by atoms with E-state index in [4.69, 9.17) is 18.7 Å². The predicted octanol–water partition coefficient (Wildman–Crippen LogP) is 6.30. The molecule has 0 saturated carbocycles. The molecule has 1 heterocycles. The Balaban J connectivity index is 1.63. The minimum Gasteiger partial charge on any atom is -0.480 e. The minimum absolute atomic E-state index is 0.00608. The zero-order valence-electron chi connectivity index (χ0n) is 22.4. The van der Waals surface area contributed by atoms with Crippen molar-refractivity contribution in [1.29, 1.82) is 0 Å². The fourth-order valence-electron chi connectivity index (χ4n) is 4.39. The number of aromatic hydroxyl groups is 1. The van der Waals surface area contributed by atoms with Crippen LogP contribution in [0.5, 0.6) is 11.7 Å². The lowest BCUT2D eigenvalue weighted by molar-refractivity contribution is -0.153. The van der Waals surface area contributed by atoms with Gasteiger partial charge in [-0.05, 0) is 44.5 Å². The van der Waals surface area contributed by atoms with Gasteiger partial charge in [-0.3, -0.25) is 14.2 Å². The van der Waals surface area contributed by atoms with Gasteiger partial charge >= 0.3 is 5.97 Å². The van der Waals surface area contributed by atoms with E-state index < -0.39 is 20.6 Å². The number of carbonyl (C=O) groups is 2. The Hall–Kier alpha value is -3.26. The third-order valence-electron chi connectivity index (χ3n) is 6.50. The van der Waals surface area contributed by atoms with Crippen LogP contribution in [0, 0.1) is 0 Å². The molecule has 9 nitrogen and oxygen atoms in total. The van der Waals surface area contributed by atoms with E-state index in [-0.39, 0.29) is 36.4 Å². The summed E-state index contributed by atoms with van der Waals surface area (Å²) in [4.78, 5) is 31.9. The number of nitrogens with zero attached hydrogens (tertiary/aromatic N) is 1. The van der Waals surface area contributed by atoms with Crippen LogP contribution in [0.15, 0.2) is 57.7 Å². The number of furan rings is 1. The Bertz CT molecular complexity index is 1230. The Kier molecular flexibility index (Phi) is 10.4. The van der Waals surface area contributed by atoms with E-state index in [0.717, 1.165) is 28.0 Å². The zero-order chi connectivity index (χ0) is 27.8. The number of ether oxygens (including phenoxy) is 2. The summed E-state index contributed by atoms with van der Waals surface area (Å²) in [7, 11) is -0.485. The van der Waals surface area contributed by atoms with Crippen LogP contribution in [0.1, 0.15) is 74.9 Å². The number of Topliss-reactive ketones (excluding diaryl/α,β-unsaturated/α-hetero) is 1. The van der Waals surface area contributed by atoms with Crippen LogP contribution in [0.25, 0.3) is 0 Å². The Morgan fingerprint density at radius 2 is 2.03 bits per heavy atom. The van der Waals surface area contributed by atoms with Crippen molar-refractivity contribution in [2.45, 2.75) is 66.0 Å². The highest BCUT2D eigenvalue weighted by Gasteiger charge is 2.34. The van der Waals surface area contributed by atoms with Crippen LogP contribution >= 0.6 is 8.61 Å². The highest BCUT2D eigenvalue weighted by atomic mass is 31.1. The van der Waals surface area contributed by atoms with Gasteiger partial charge in [-0.1, -0.05) is 49.3 Å². The predicted molar refractivity (Wildman–Crippen MR) is 141 cm³/mol. The molecule has 2 unspecified atom stereocenters. The quantitative estimate of drug-likeness (QED) is 0.134. The first-order valence-corrected chi connectivity index (χ1v) is 13.3. The normalized spacial score (nSPS) is 16.6. The van der Waals surface area contributed by atoms with Crippen molar-refractivity contribution in [1.82, 2.24) is 4.83 Å². The van der Waals surface area contributed by atoms with Gasteiger partial charge in [0.2, 0.25) is 0 Å². The molecule has 204 valence electrons. The van der Waals surface area contributed by atoms with Crippen molar-refractivity contribution in [3.8, 4) is 11.7 Å². The van der Waals surface area contributed by atoms with Crippen molar-refractivity contribution in [2.24, 2.45) is 0 Å². The van der Waals surface area contributed by atoms with Crippen molar-refractivity contribution >= 4 is 20.4 Å². The van der Waals surface area contributed by atoms with Gasteiger partial charge in [0.25, 0.3) is 14.6 Å². The molecule has 0 amide bonds. The van der Waals surface area contributed by atoms with Gasteiger partial charge in [-0.15, -0.1) is 0 Å². The van der Waals surface area contributed by atoms with Crippen molar-refractivity contribution in [3.63, 3.8) is 0 Å². The molecule has 0 bridgehead atoms. The zero-order valence-corrected chi connectivity index (χ0v) is 23.2.